The van der Waals surface area contributed by atoms with Gasteiger partial charge in [0.25, 0.3) is 5.89 Å². The van der Waals surface area contributed by atoms with E-state index >= 15 is 0 Å². The summed E-state index contributed by atoms with van der Waals surface area (Å²) in [7, 11) is 0. The lowest BCUT2D eigenvalue weighted by Gasteiger charge is -1.97. The molecule has 0 aliphatic rings. The van der Waals surface area contributed by atoms with Gasteiger partial charge in [-0.3, -0.25) is 0 Å². The number of hydrogen-bond acceptors (Lipinski definition) is 3. The van der Waals surface area contributed by atoms with Crippen molar-refractivity contribution in [2.24, 2.45) is 0 Å². The lowest BCUT2D eigenvalue weighted by atomic mass is 10.1. The lowest BCUT2D eigenvalue weighted by molar-refractivity contribution is 0.425. The average Bonchev–Trinajstić information content (AvgIpc) is 2.50. The van der Waals surface area contributed by atoms with Gasteiger partial charge in [-0.25, -0.2) is 0 Å². The zero-order valence-electron chi connectivity index (χ0n) is 7.91. The second-order valence-corrected chi connectivity index (χ2v) is 3.60. The number of benzene rings is 1. The molecule has 0 atom stereocenters. The average molecular weight is 209 g/mol. The van der Waals surface area contributed by atoms with Crippen molar-refractivity contribution in [2.45, 2.75) is 13.8 Å². The minimum atomic E-state index is 0.508. The molecule has 0 N–H and O–H groups in total. The van der Waals surface area contributed by atoms with Gasteiger partial charge in [0.15, 0.2) is 5.82 Å². The highest BCUT2D eigenvalue weighted by Crippen LogP contribution is 2.22. The first-order valence-electron chi connectivity index (χ1n) is 4.23. The van der Waals surface area contributed by atoms with E-state index in [9.17, 15) is 0 Å². The zero-order chi connectivity index (χ0) is 10.1. The summed E-state index contributed by atoms with van der Waals surface area (Å²) in [5, 5.41) is 4.40. The zero-order valence-corrected chi connectivity index (χ0v) is 8.67. The minimum Gasteiger partial charge on any atom is -0.334 e. The van der Waals surface area contributed by atoms with Crippen LogP contribution in [0.1, 0.15) is 11.4 Å². The Morgan fingerprint density at radius 3 is 2.57 bits per heavy atom. The van der Waals surface area contributed by atoms with Crippen molar-refractivity contribution < 1.29 is 4.52 Å². The summed E-state index contributed by atoms with van der Waals surface area (Å²) in [6, 6.07) is 5.65. The first kappa shape index (κ1) is 9.21. The van der Waals surface area contributed by atoms with E-state index in [0.29, 0.717) is 16.7 Å². The molecule has 0 radical (unpaired) electrons. The van der Waals surface area contributed by atoms with Gasteiger partial charge in [0.2, 0.25) is 0 Å². The molecule has 0 unspecified atom stereocenters. The molecule has 0 fully saturated rings. The second kappa shape index (κ2) is 3.42. The summed E-state index contributed by atoms with van der Waals surface area (Å²) in [6.07, 6.45) is 0. The summed E-state index contributed by atoms with van der Waals surface area (Å²) >= 11 is 5.92. The van der Waals surface area contributed by atoms with Crippen LogP contribution >= 0.6 is 11.6 Å². The Labute approximate surface area is 86.7 Å². The Morgan fingerprint density at radius 1 is 1.21 bits per heavy atom. The van der Waals surface area contributed by atoms with Gasteiger partial charge in [-0.05, 0) is 37.6 Å². The van der Waals surface area contributed by atoms with E-state index in [2.05, 4.69) is 10.1 Å². The van der Waals surface area contributed by atoms with Gasteiger partial charge in [-0.2, -0.15) is 4.98 Å². The molecular weight excluding hydrogens is 200 g/mol. The van der Waals surface area contributed by atoms with Crippen LogP contribution in [0.3, 0.4) is 0 Å². The fourth-order valence-electron chi connectivity index (χ4n) is 1.27. The SMILES string of the molecule is Cc1cc(Cl)cc(-c2nc(C)no2)c1. The van der Waals surface area contributed by atoms with Crippen molar-refractivity contribution in [3.63, 3.8) is 0 Å². The number of aryl methyl sites for hydroxylation is 2. The van der Waals surface area contributed by atoms with Crippen LogP contribution in [-0.4, -0.2) is 10.1 Å². The molecule has 3 nitrogen and oxygen atoms in total. The lowest BCUT2D eigenvalue weighted by Crippen LogP contribution is -1.80. The molecule has 2 rings (SSSR count). The Balaban J connectivity index is 2.51. The number of nitrogens with zero attached hydrogens (tertiary/aromatic N) is 2. The van der Waals surface area contributed by atoms with Gasteiger partial charge in [0, 0.05) is 10.6 Å². The summed E-state index contributed by atoms with van der Waals surface area (Å²) in [5.74, 6) is 1.13. The third-order valence-electron chi connectivity index (χ3n) is 1.82. The maximum atomic E-state index is 5.92. The third-order valence-corrected chi connectivity index (χ3v) is 2.03. The molecule has 0 bridgehead atoms. The first-order chi connectivity index (χ1) is 6.65. The molecular formula is C10H9ClN2O. The largest absolute Gasteiger partial charge is 0.334 e. The maximum absolute atomic E-state index is 5.92. The molecule has 2 aromatic rings. The van der Waals surface area contributed by atoms with Crippen LogP contribution in [0.2, 0.25) is 5.02 Å². The van der Waals surface area contributed by atoms with Crippen molar-refractivity contribution in [3.05, 3.63) is 34.6 Å². The molecule has 0 aliphatic carbocycles. The van der Waals surface area contributed by atoms with Gasteiger partial charge < -0.3 is 4.52 Å². The van der Waals surface area contributed by atoms with E-state index in [4.69, 9.17) is 16.1 Å². The van der Waals surface area contributed by atoms with Crippen molar-refractivity contribution in [1.29, 1.82) is 0 Å². The van der Waals surface area contributed by atoms with Gasteiger partial charge in [-0.15, -0.1) is 0 Å². The summed E-state index contributed by atoms with van der Waals surface area (Å²) in [4.78, 5) is 4.13. The van der Waals surface area contributed by atoms with E-state index < -0.39 is 0 Å². The van der Waals surface area contributed by atoms with Crippen LogP contribution in [0.25, 0.3) is 11.5 Å². The number of rotatable bonds is 1. The molecule has 14 heavy (non-hydrogen) atoms. The first-order valence-corrected chi connectivity index (χ1v) is 4.61. The fourth-order valence-corrected chi connectivity index (χ4v) is 1.56. The van der Waals surface area contributed by atoms with Crippen molar-refractivity contribution in [3.8, 4) is 11.5 Å². The topological polar surface area (TPSA) is 38.9 Å². The van der Waals surface area contributed by atoms with Crippen LogP contribution in [0.5, 0.6) is 0 Å². The molecule has 0 aliphatic heterocycles. The highest BCUT2D eigenvalue weighted by molar-refractivity contribution is 6.30. The number of hydrogen-bond donors (Lipinski definition) is 0. The third kappa shape index (κ3) is 1.77. The Hall–Kier alpha value is -1.35. The van der Waals surface area contributed by atoms with Crippen LogP contribution in [0.15, 0.2) is 22.7 Å². The predicted octanol–water partition coefficient (Wildman–Crippen LogP) is 3.01. The molecule has 0 saturated carbocycles. The molecule has 1 heterocycles. The quantitative estimate of drug-likeness (QED) is 0.723. The Kier molecular flexibility index (Phi) is 2.25. The number of halogens is 1. The molecule has 0 spiro atoms. The number of aromatic nitrogens is 2. The van der Waals surface area contributed by atoms with E-state index in [0.717, 1.165) is 11.1 Å². The molecule has 1 aromatic heterocycles. The second-order valence-electron chi connectivity index (χ2n) is 3.16. The van der Waals surface area contributed by atoms with Crippen molar-refractivity contribution in [2.75, 3.05) is 0 Å². The van der Waals surface area contributed by atoms with Crippen molar-refractivity contribution >= 4 is 11.6 Å². The van der Waals surface area contributed by atoms with Crippen LogP contribution in [-0.2, 0) is 0 Å². The Morgan fingerprint density at radius 2 is 2.00 bits per heavy atom. The normalized spacial score (nSPS) is 10.5. The van der Waals surface area contributed by atoms with E-state index in [1.165, 1.54) is 0 Å². The molecule has 4 heteroatoms. The molecule has 0 amide bonds. The van der Waals surface area contributed by atoms with E-state index in [1.54, 1.807) is 6.92 Å². The van der Waals surface area contributed by atoms with E-state index in [-0.39, 0.29) is 0 Å². The van der Waals surface area contributed by atoms with E-state index in [1.807, 2.05) is 25.1 Å². The monoisotopic (exact) mass is 208 g/mol. The highest BCUT2D eigenvalue weighted by Gasteiger charge is 2.07. The molecule has 0 saturated heterocycles. The molecule has 72 valence electrons. The van der Waals surface area contributed by atoms with Crippen LogP contribution < -0.4 is 0 Å². The van der Waals surface area contributed by atoms with Crippen molar-refractivity contribution in [1.82, 2.24) is 10.1 Å². The van der Waals surface area contributed by atoms with Crippen LogP contribution in [0, 0.1) is 13.8 Å². The van der Waals surface area contributed by atoms with Gasteiger partial charge >= 0.3 is 0 Å². The minimum absolute atomic E-state index is 0.508. The Bertz CT molecular complexity index is 445. The summed E-state index contributed by atoms with van der Waals surface area (Å²) < 4.78 is 5.04. The highest BCUT2D eigenvalue weighted by atomic mass is 35.5. The molecule has 1 aromatic carbocycles. The van der Waals surface area contributed by atoms with Gasteiger partial charge in [0.1, 0.15) is 0 Å². The smallest absolute Gasteiger partial charge is 0.257 e. The van der Waals surface area contributed by atoms with Gasteiger partial charge in [0.05, 0.1) is 0 Å². The van der Waals surface area contributed by atoms with Crippen LogP contribution in [0.4, 0.5) is 0 Å². The summed E-state index contributed by atoms with van der Waals surface area (Å²) in [5.41, 5.74) is 1.93. The summed E-state index contributed by atoms with van der Waals surface area (Å²) in [6.45, 7) is 3.75. The standard InChI is InChI=1S/C10H9ClN2O/c1-6-3-8(5-9(11)4-6)10-12-7(2)13-14-10/h3-5H,1-2H3. The predicted molar refractivity (Wildman–Crippen MR) is 54.2 cm³/mol. The van der Waals surface area contributed by atoms with Gasteiger partial charge in [-0.1, -0.05) is 16.8 Å². The fraction of sp³-hybridized carbons (Fsp3) is 0.200. The maximum Gasteiger partial charge on any atom is 0.257 e.